The van der Waals surface area contributed by atoms with Crippen molar-refractivity contribution < 1.29 is 27.2 Å². The van der Waals surface area contributed by atoms with E-state index in [9.17, 15) is 13.2 Å². The van der Waals surface area contributed by atoms with Crippen LogP contribution in [0.1, 0.15) is 12.2 Å². The van der Waals surface area contributed by atoms with Crippen LogP contribution < -0.4 is 19.1 Å². The molecule has 1 aliphatic heterocycles. The Morgan fingerprint density at radius 2 is 1.96 bits per heavy atom. The smallest absolute Gasteiger partial charge is 0.233 e. The minimum atomic E-state index is -3.59. The lowest BCUT2D eigenvalue weighted by atomic mass is 10.2. The van der Waals surface area contributed by atoms with E-state index in [1.807, 2.05) is 0 Å². The molecule has 9 nitrogen and oxygen atoms in total. The number of fused-ring (bicyclic) bond motifs is 1. The van der Waals surface area contributed by atoms with Gasteiger partial charge in [-0.3, -0.25) is 9.10 Å². The summed E-state index contributed by atoms with van der Waals surface area (Å²) in [6.07, 6.45) is 1.00. The van der Waals surface area contributed by atoms with E-state index >= 15 is 0 Å². The Morgan fingerprint density at radius 3 is 2.62 bits per heavy atom. The van der Waals surface area contributed by atoms with Gasteiger partial charge in [-0.1, -0.05) is 5.16 Å². The molecule has 2 heterocycles. The molecule has 1 aromatic heterocycles. The molecule has 0 aliphatic carbocycles. The van der Waals surface area contributed by atoms with Gasteiger partial charge in [0.25, 0.3) is 0 Å². The first kappa shape index (κ1) is 18.1. The summed E-state index contributed by atoms with van der Waals surface area (Å²) < 4.78 is 40.7. The fourth-order valence-corrected chi connectivity index (χ4v) is 3.32. The lowest BCUT2D eigenvalue weighted by Crippen LogP contribution is -2.33. The van der Waals surface area contributed by atoms with E-state index in [-0.39, 0.29) is 24.7 Å². The van der Waals surface area contributed by atoms with Crippen molar-refractivity contribution >= 4 is 27.4 Å². The lowest BCUT2D eigenvalue weighted by Gasteiger charge is -2.20. The van der Waals surface area contributed by atoms with Crippen molar-refractivity contribution in [3.05, 3.63) is 30.0 Å². The summed E-state index contributed by atoms with van der Waals surface area (Å²) in [7, 11) is -3.59. The van der Waals surface area contributed by atoms with E-state index < -0.39 is 10.0 Å². The van der Waals surface area contributed by atoms with Gasteiger partial charge in [0.15, 0.2) is 17.3 Å². The number of sulfonamides is 1. The van der Waals surface area contributed by atoms with Gasteiger partial charge >= 0.3 is 0 Å². The number of ether oxygens (including phenoxy) is 2. The average molecular weight is 381 g/mol. The number of rotatable bonds is 6. The molecule has 1 amide bonds. The lowest BCUT2D eigenvalue weighted by molar-refractivity contribution is -0.116. The molecule has 2 aromatic rings. The normalized spacial score (nSPS) is 13.3. The van der Waals surface area contributed by atoms with Crippen molar-refractivity contribution in [2.24, 2.45) is 0 Å². The van der Waals surface area contributed by atoms with Crippen molar-refractivity contribution in [3.8, 4) is 11.5 Å². The molecule has 1 N–H and O–H groups in total. The number of amides is 1. The van der Waals surface area contributed by atoms with Gasteiger partial charge in [0, 0.05) is 30.8 Å². The maximum absolute atomic E-state index is 12.2. The number of hydrogen-bond acceptors (Lipinski definition) is 7. The first-order valence-corrected chi connectivity index (χ1v) is 9.78. The summed E-state index contributed by atoms with van der Waals surface area (Å²) in [5.74, 6) is 1.48. The van der Waals surface area contributed by atoms with Crippen LogP contribution in [-0.4, -0.2) is 45.5 Å². The van der Waals surface area contributed by atoms with Crippen LogP contribution in [0, 0.1) is 6.92 Å². The highest BCUT2D eigenvalue weighted by Gasteiger charge is 2.22. The zero-order valence-corrected chi connectivity index (χ0v) is 15.2. The van der Waals surface area contributed by atoms with E-state index in [0.29, 0.717) is 36.2 Å². The fourth-order valence-electron chi connectivity index (χ4n) is 2.47. The molecule has 140 valence electrons. The monoisotopic (exact) mass is 381 g/mol. The standard InChI is InChI=1S/C16H19N3O6S/c1-11-9-15(18-25-11)19(26(2,21)22)6-5-16(20)17-12-3-4-13-14(10-12)24-8-7-23-13/h3-4,9-10H,5-8H2,1-2H3,(H,17,20). The Bertz CT molecular complexity index is 908. The number of benzene rings is 1. The molecule has 0 saturated carbocycles. The minimum Gasteiger partial charge on any atom is -0.486 e. The molecule has 0 unspecified atom stereocenters. The molecule has 1 aliphatic rings. The average Bonchev–Trinajstić information content (AvgIpc) is 2.99. The number of anilines is 2. The highest BCUT2D eigenvalue weighted by molar-refractivity contribution is 7.92. The molecule has 0 saturated heterocycles. The van der Waals surface area contributed by atoms with Gasteiger partial charge in [0.2, 0.25) is 15.9 Å². The van der Waals surface area contributed by atoms with Gasteiger partial charge in [0.1, 0.15) is 19.0 Å². The highest BCUT2D eigenvalue weighted by atomic mass is 32.2. The number of carbonyl (C=O) groups is 1. The van der Waals surface area contributed by atoms with Crippen LogP contribution in [0.15, 0.2) is 28.8 Å². The molecule has 0 radical (unpaired) electrons. The molecule has 0 spiro atoms. The third-order valence-electron chi connectivity index (χ3n) is 3.64. The summed E-state index contributed by atoms with van der Waals surface area (Å²) in [5, 5.41) is 6.42. The Balaban J connectivity index is 1.64. The largest absolute Gasteiger partial charge is 0.486 e. The SMILES string of the molecule is Cc1cc(N(CCC(=O)Nc2ccc3c(c2)OCCO3)S(C)(=O)=O)no1. The first-order valence-electron chi connectivity index (χ1n) is 7.93. The van der Waals surface area contributed by atoms with Crippen molar-refractivity contribution in [3.63, 3.8) is 0 Å². The zero-order chi connectivity index (χ0) is 18.7. The second-order valence-corrected chi connectivity index (χ2v) is 7.69. The number of hydrogen-bond donors (Lipinski definition) is 1. The molecule has 0 bridgehead atoms. The molecule has 0 fully saturated rings. The molecule has 0 atom stereocenters. The maximum Gasteiger partial charge on any atom is 0.233 e. The van der Waals surface area contributed by atoms with Crippen LogP contribution >= 0.6 is 0 Å². The second-order valence-electron chi connectivity index (χ2n) is 5.79. The van der Waals surface area contributed by atoms with Gasteiger partial charge in [0.05, 0.1) is 6.26 Å². The predicted octanol–water partition coefficient (Wildman–Crippen LogP) is 1.55. The molecule has 1 aromatic carbocycles. The highest BCUT2D eigenvalue weighted by Crippen LogP contribution is 2.32. The first-order chi connectivity index (χ1) is 12.3. The van der Waals surface area contributed by atoms with Gasteiger partial charge in [-0.15, -0.1) is 0 Å². The quantitative estimate of drug-likeness (QED) is 0.808. The van der Waals surface area contributed by atoms with Crippen LogP contribution in [0.25, 0.3) is 0 Å². The number of aromatic nitrogens is 1. The topological polar surface area (TPSA) is 111 Å². The number of nitrogens with one attached hydrogen (secondary N) is 1. The number of aryl methyl sites for hydroxylation is 1. The Labute approximate surface area is 150 Å². The van der Waals surface area contributed by atoms with Crippen LogP contribution in [0.2, 0.25) is 0 Å². The maximum atomic E-state index is 12.2. The van der Waals surface area contributed by atoms with Gasteiger partial charge in [-0.25, -0.2) is 8.42 Å². The van der Waals surface area contributed by atoms with Gasteiger partial charge < -0.3 is 19.3 Å². The Kier molecular flexibility index (Phi) is 5.03. The Morgan fingerprint density at radius 1 is 1.23 bits per heavy atom. The van der Waals surface area contributed by atoms with Crippen molar-refractivity contribution in [1.29, 1.82) is 0 Å². The van der Waals surface area contributed by atoms with Crippen LogP contribution in [0.5, 0.6) is 11.5 Å². The summed E-state index contributed by atoms with van der Waals surface area (Å²) >= 11 is 0. The summed E-state index contributed by atoms with van der Waals surface area (Å²) in [4.78, 5) is 12.2. The Hall–Kier alpha value is -2.75. The van der Waals surface area contributed by atoms with E-state index in [4.69, 9.17) is 14.0 Å². The van der Waals surface area contributed by atoms with Crippen molar-refractivity contribution in [2.75, 3.05) is 35.6 Å². The molecular formula is C16H19N3O6S. The minimum absolute atomic E-state index is 0.0482. The number of nitrogens with zero attached hydrogens (tertiary/aromatic N) is 2. The van der Waals surface area contributed by atoms with Crippen LogP contribution in [0.4, 0.5) is 11.5 Å². The van der Waals surface area contributed by atoms with Crippen LogP contribution in [0.3, 0.4) is 0 Å². The van der Waals surface area contributed by atoms with Gasteiger partial charge in [-0.05, 0) is 19.1 Å². The summed E-state index contributed by atoms with van der Waals surface area (Å²) in [6, 6.07) is 6.58. The van der Waals surface area contributed by atoms with Crippen molar-refractivity contribution in [2.45, 2.75) is 13.3 Å². The van der Waals surface area contributed by atoms with E-state index in [1.54, 1.807) is 25.1 Å². The van der Waals surface area contributed by atoms with Gasteiger partial charge in [-0.2, -0.15) is 0 Å². The van der Waals surface area contributed by atoms with Crippen molar-refractivity contribution in [1.82, 2.24) is 5.16 Å². The van der Waals surface area contributed by atoms with E-state index in [0.717, 1.165) is 10.6 Å². The molecule has 10 heteroatoms. The second kappa shape index (κ2) is 7.24. The van der Waals surface area contributed by atoms with Crippen LogP contribution in [-0.2, 0) is 14.8 Å². The zero-order valence-electron chi connectivity index (χ0n) is 14.4. The molecule has 26 heavy (non-hydrogen) atoms. The summed E-state index contributed by atoms with van der Waals surface area (Å²) in [5.41, 5.74) is 0.544. The molecule has 3 rings (SSSR count). The predicted molar refractivity (Wildman–Crippen MR) is 94.1 cm³/mol. The third kappa shape index (κ3) is 4.26. The third-order valence-corrected chi connectivity index (χ3v) is 4.81. The number of carbonyl (C=O) groups excluding carboxylic acids is 1. The molecular weight excluding hydrogens is 362 g/mol. The van der Waals surface area contributed by atoms with E-state index in [2.05, 4.69) is 10.5 Å². The summed E-state index contributed by atoms with van der Waals surface area (Å²) in [6.45, 7) is 2.54. The van der Waals surface area contributed by atoms with E-state index in [1.165, 1.54) is 6.07 Å². The fraction of sp³-hybridized carbons (Fsp3) is 0.375.